The molecule has 5 aromatic rings. The summed E-state index contributed by atoms with van der Waals surface area (Å²) in [5.74, 6) is 0.693. The van der Waals surface area contributed by atoms with Crippen LogP contribution in [0.4, 0.5) is 15.8 Å². The zero-order chi connectivity index (χ0) is 28.3. The summed E-state index contributed by atoms with van der Waals surface area (Å²) >= 11 is 2.71. The van der Waals surface area contributed by atoms with Crippen LogP contribution in [-0.2, 0) is 5.75 Å². The van der Waals surface area contributed by atoms with Crippen LogP contribution in [0, 0.1) is 15.9 Å². The second-order valence-electron chi connectivity index (χ2n) is 9.04. The molecule has 1 saturated heterocycles. The number of piperazine rings is 1. The van der Waals surface area contributed by atoms with Gasteiger partial charge in [0.05, 0.1) is 22.6 Å². The maximum Gasteiger partial charge on any atom is 0.273 e. The lowest BCUT2D eigenvalue weighted by molar-refractivity contribution is -0.384. The molecule has 41 heavy (non-hydrogen) atoms. The number of carbonyl (C=O) groups excluding carboxylic acids is 1. The molecular formula is C27H22FN7O4S2. The molecule has 6 rings (SSSR count). The average Bonchev–Trinajstić information content (AvgIpc) is 3.77. The van der Waals surface area contributed by atoms with Crippen molar-refractivity contribution in [2.24, 2.45) is 0 Å². The molecule has 1 aliphatic heterocycles. The number of anilines is 1. The van der Waals surface area contributed by atoms with Crippen LogP contribution in [0.2, 0.25) is 0 Å². The number of carbonyl (C=O) groups is 1. The number of halogens is 1. The zero-order valence-electron chi connectivity index (χ0n) is 21.4. The minimum Gasteiger partial charge on any atom is -0.461 e. The SMILES string of the molecule is O=C(c1csc(CSc2nnc(-c3ccco3)n2-c2ccccc2F)n1)N1CCN(c2ccc([N+](=O)[O-])cc2)CC1. The number of para-hydroxylation sites is 1. The maximum atomic E-state index is 14.8. The third-order valence-electron chi connectivity index (χ3n) is 6.56. The van der Waals surface area contributed by atoms with E-state index in [2.05, 4.69) is 20.1 Å². The van der Waals surface area contributed by atoms with Crippen molar-refractivity contribution in [2.75, 3.05) is 31.1 Å². The first-order valence-corrected chi connectivity index (χ1v) is 14.4. The van der Waals surface area contributed by atoms with Gasteiger partial charge in [0.1, 0.15) is 16.5 Å². The Morgan fingerprint density at radius 2 is 1.83 bits per heavy atom. The quantitative estimate of drug-likeness (QED) is 0.135. The van der Waals surface area contributed by atoms with Crippen LogP contribution in [0.15, 0.2) is 81.9 Å². The van der Waals surface area contributed by atoms with E-state index in [1.54, 1.807) is 57.3 Å². The fourth-order valence-corrected chi connectivity index (χ4v) is 6.23. The number of nitro benzene ring substituents is 1. The number of aromatic nitrogens is 4. The van der Waals surface area contributed by atoms with Crippen molar-refractivity contribution in [1.82, 2.24) is 24.6 Å². The smallest absolute Gasteiger partial charge is 0.273 e. The van der Waals surface area contributed by atoms with Crippen molar-refractivity contribution >= 4 is 40.4 Å². The van der Waals surface area contributed by atoms with Gasteiger partial charge in [-0.2, -0.15) is 0 Å². The van der Waals surface area contributed by atoms with Gasteiger partial charge < -0.3 is 14.2 Å². The lowest BCUT2D eigenvalue weighted by Crippen LogP contribution is -2.48. The van der Waals surface area contributed by atoms with E-state index < -0.39 is 10.7 Å². The van der Waals surface area contributed by atoms with Crippen LogP contribution in [0.25, 0.3) is 17.3 Å². The third-order valence-corrected chi connectivity index (χ3v) is 8.53. The monoisotopic (exact) mass is 591 g/mol. The number of non-ortho nitro benzene ring substituents is 1. The lowest BCUT2D eigenvalue weighted by atomic mass is 10.2. The van der Waals surface area contributed by atoms with Gasteiger partial charge in [-0.05, 0) is 36.4 Å². The number of rotatable bonds is 8. The summed E-state index contributed by atoms with van der Waals surface area (Å²) < 4.78 is 21.9. The number of thiazole rings is 1. The van der Waals surface area contributed by atoms with Crippen LogP contribution < -0.4 is 4.90 Å². The van der Waals surface area contributed by atoms with Gasteiger partial charge >= 0.3 is 0 Å². The van der Waals surface area contributed by atoms with Crippen molar-refractivity contribution in [2.45, 2.75) is 10.9 Å². The van der Waals surface area contributed by atoms with Gasteiger partial charge in [-0.15, -0.1) is 21.5 Å². The van der Waals surface area contributed by atoms with Gasteiger partial charge in [0.2, 0.25) is 5.82 Å². The van der Waals surface area contributed by atoms with Crippen molar-refractivity contribution in [3.8, 4) is 17.3 Å². The maximum absolute atomic E-state index is 14.8. The van der Waals surface area contributed by atoms with E-state index in [0.29, 0.717) is 60.1 Å². The highest BCUT2D eigenvalue weighted by Crippen LogP contribution is 2.31. The van der Waals surface area contributed by atoms with Crippen LogP contribution >= 0.6 is 23.1 Å². The molecule has 208 valence electrons. The van der Waals surface area contributed by atoms with Gasteiger partial charge in [0.15, 0.2) is 10.9 Å². The van der Waals surface area contributed by atoms with Crippen LogP contribution in [0.5, 0.6) is 0 Å². The molecule has 0 spiro atoms. The fraction of sp³-hybridized carbons (Fsp3) is 0.185. The first kappa shape index (κ1) is 26.7. The normalized spacial score (nSPS) is 13.5. The van der Waals surface area contributed by atoms with E-state index in [1.807, 2.05) is 0 Å². The second-order valence-corrected chi connectivity index (χ2v) is 10.9. The molecular weight excluding hydrogens is 569 g/mol. The number of amides is 1. The largest absolute Gasteiger partial charge is 0.461 e. The van der Waals surface area contributed by atoms with E-state index in [1.165, 1.54) is 47.6 Å². The number of hydrogen-bond acceptors (Lipinski definition) is 10. The summed E-state index contributed by atoms with van der Waals surface area (Å²) in [5, 5.41) is 22.4. The Hall–Kier alpha value is -4.56. The van der Waals surface area contributed by atoms with E-state index in [0.717, 1.165) is 10.7 Å². The molecule has 3 aromatic heterocycles. The summed E-state index contributed by atoms with van der Waals surface area (Å²) in [6.45, 7) is 2.25. The molecule has 1 amide bonds. The summed E-state index contributed by atoms with van der Waals surface area (Å²) in [7, 11) is 0. The predicted molar refractivity (Wildman–Crippen MR) is 152 cm³/mol. The van der Waals surface area contributed by atoms with Crippen molar-refractivity contribution in [3.05, 3.63) is 98.9 Å². The molecule has 4 heterocycles. The lowest BCUT2D eigenvalue weighted by Gasteiger charge is -2.35. The highest BCUT2D eigenvalue weighted by atomic mass is 32.2. The van der Waals surface area contributed by atoms with Gasteiger partial charge in [-0.25, -0.2) is 9.37 Å². The molecule has 0 saturated carbocycles. The highest BCUT2D eigenvalue weighted by Gasteiger charge is 2.25. The zero-order valence-corrected chi connectivity index (χ0v) is 23.1. The molecule has 1 aliphatic rings. The minimum atomic E-state index is -0.423. The Balaban J connectivity index is 1.11. The molecule has 0 unspecified atom stereocenters. The standard InChI is InChI=1S/C27H22FN7O4S2/c28-20-4-1-2-5-22(20)34-25(23-6-3-15-39-23)30-31-27(34)41-17-24-29-21(16-40-24)26(36)33-13-11-32(12-14-33)18-7-9-19(10-8-18)35(37)38/h1-10,15-16H,11-14,17H2. The van der Waals surface area contributed by atoms with Gasteiger partial charge in [-0.3, -0.25) is 19.5 Å². The Kier molecular flexibility index (Phi) is 7.48. The second kappa shape index (κ2) is 11.5. The number of hydrogen-bond donors (Lipinski definition) is 0. The average molecular weight is 592 g/mol. The van der Waals surface area contributed by atoms with E-state index >= 15 is 0 Å². The van der Waals surface area contributed by atoms with Gasteiger partial charge in [0.25, 0.3) is 11.6 Å². The topological polar surface area (TPSA) is 123 Å². The van der Waals surface area contributed by atoms with E-state index in [4.69, 9.17) is 4.42 Å². The number of thioether (sulfide) groups is 1. The van der Waals surface area contributed by atoms with Crippen molar-refractivity contribution < 1.29 is 18.5 Å². The number of nitro groups is 1. The molecule has 2 aromatic carbocycles. The first-order valence-electron chi connectivity index (χ1n) is 12.6. The first-order chi connectivity index (χ1) is 20.0. The van der Waals surface area contributed by atoms with Gasteiger partial charge in [0, 0.05) is 49.4 Å². The van der Waals surface area contributed by atoms with Gasteiger partial charge in [-0.1, -0.05) is 23.9 Å². The molecule has 0 atom stereocenters. The van der Waals surface area contributed by atoms with E-state index in [9.17, 15) is 19.3 Å². The van der Waals surface area contributed by atoms with Crippen LogP contribution in [-0.4, -0.2) is 61.7 Å². The summed E-state index contributed by atoms with van der Waals surface area (Å²) in [6, 6.07) is 16.3. The van der Waals surface area contributed by atoms with Crippen molar-refractivity contribution in [1.29, 1.82) is 0 Å². The highest BCUT2D eigenvalue weighted by molar-refractivity contribution is 7.98. The van der Waals surface area contributed by atoms with Crippen molar-refractivity contribution in [3.63, 3.8) is 0 Å². The number of furan rings is 1. The summed E-state index contributed by atoms with van der Waals surface area (Å²) in [6.07, 6.45) is 1.52. The molecule has 14 heteroatoms. The Morgan fingerprint density at radius 3 is 2.54 bits per heavy atom. The third kappa shape index (κ3) is 5.56. The molecule has 0 N–H and O–H groups in total. The molecule has 0 radical (unpaired) electrons. The molecule has 11 nitrogen and oxygen atoms in total. The summed E-state index contributed by atoms with van der Waals surface area (Å²) in [4.78, 5) is 32.1. The van der Waals surface area contributed by atoms with E-state index in [-0.39, 0.29) is 11.6 Å². The predicted octanol–water partition coefficient (Wildman–Crippen LogP) is 5.29. The molecule has 0 aliphatic carbocycles. The molecule has 0 bridgehead atoms. The minimum absolute atomic E-state index is 0.0468. The number of benzene rings is 2. The van der Waals surface area contributed by atoms with Crippen LogP contribution in [0.3, 0.4) is 0 Å². The Morgan fingerprint density at radius 1 is 1.05 bits per heavy atom. The fourth-order valence-electron chi connectivity index (χ4n) is 4.50. The number of nitrogens with zero attached hydrogens (tertiary/aromatic N) is 7. The van der Waals surface area contributed by atoms with Crippen LogP contribution in [0.1, 0.15) is 15.5 Å². The molecule has 1 fully saturated rings. The Labute approximate surface area is 241 Å². The summed E-state index contributed by atoms with van der Waals surface area (Å²) in [5.41, 5.74) is 1.61. The Bertz CT molecular complexity index is 1680.